The zero-order valence-electron chi connectivity index (χ0n) is 12.5. The number of aryl methyl sites for hydroxylation is 1. The number of rotatable bonds is 2. The molecule has 0 radical (unpaired) electrons. The molecule has 1 aromatic rings. The summed E-state index contributed by atoms with van der Waals surface area (Å²) in [5, 5.41) is 3.35. The molecule has 108 valence electrons. The third-order valence-electron chi connectivity index (χ3n) is 5.11. The van der Waals surface area contributed by atoms with Gasteiger partial charge in [-0.1, -0.05) is 31.2 Å². The molecule has 2 aliphatic rings. The SMILES string of the molecule is CN(C(=O)C1(C)CCNCC1)C1CCc2ccccc21. The maximum atomic E-state index is 12.9. The Hall–Kier alpha value is -1.35. The molecular formula is C17H24N2O. The van der Waals surface area contributed by atoms with Crippen LogP contribution in [0, 0.1) is 5.41 Å². The van der Waals surface area contributed by atoms with Gasteiger partial charge >= 0.3 is 0 Å². The van der Waals surface area contributed by atoms with Crippen molar-refractivity contribution in [3.05, 3.63) is 35.4 Å². The van der Waals surface area contributed by atoms with Gasteiger partial charge in [-0.25, -0.2) is 0 Å². The lowest BCUT2D eigenvalue weighted by Gasteiger charge is -2.38. The van der Waals surface area contributed by atoms with Gasteiger partial charge in [0.25, 0.3) is 0 Å². The molecular weight excluding hydrogens is 248 g/mol. The predicted molar refractivity (Wildman–Crippen MR) is 80.5 cm³/mol. The molecule has 3 rings (SSSR count). The quantitative estimate of drug-likeness (QED) is 0.897. The van der Waals surface area contributed by atoms with Crippen molar-refractivity contribution < 1.29 is 4.79 Å². The summed E-state index contributed by atoms with van der Waals surface area (Å²) >= 11 is 0. The molecule has 1 aliphatic carbocycles. The number of hydrogen-bond donors (Lipinski definition) is 1. The molecule has 0 spiro atoms. The molecule has 20 heavy (non-hydrogen) atoms. The molecule has 1 fully saturated rings. The molecule has 1 saturated heterocycles. The number of benzene rings is 1. The average molecular weight is 272 g/mol. The van der Waals surface area contributed by atoms with Crippen LogP contribution in [0.5, 0.6) is 0 Å². The second kappa shape index (κ2) is 5.21. The maximum Gasteiger partial charge on any atom is 0.228 e. The van der Waals surface area contributed by atoms with Crippen molar-refractivity contribution in [3.8, 4) is 0 Å². The van der Waals surface area contributed by atoms with Crippen LogP contribution in [0.3, 0.4) is 0 Å². The summed E-state index contributed by atoms with van der Waals surface area (Å²) in [6.45, 7) is 4.04. The number of carbonyl (C=O) groups is 1. The number of nitrogens with one attached hydrogen (secondary N) is 1. The van der Waals surface area contributed by atoms with E-state index in [1.165, 1.54) is 11.1 Å². The second-order valence-electron chi connectivity index (χ2n) is 6.48. The number of nitrogens with zero attached hydrogens (tertiary/aromatic N) is 1. The number of carbonyl (C=O) groups excluding carboxylic acids is 1. The van der Waals surface area contributed by atoms with Gasteiger partial charge in [0, 0.05) is 12.5 Å². The fraction of sp³-hybridized carbons (Fsp3) is 0.588. The van der Waals surface area contributed by atoms with Crippen LogP contribution in [-0.4, -0.2) is 30.9 Å². The van der Waals surface area contributed by atoms with Gasteiger partial charge in [-0.2, -0.15) is 0 Å². The van der Waals surface area contributed by atoms with Crippen LogP contribution >= 0.6 is 0 Å². The molecule has 1 atom stereocenters. The van der Waals surface area contributed by atoms with E-state index in [1.54, 1.807) is 0 Å². The first-order chi connectivity index (χ1) is 9.62. The summed E-state index contributed by atoms with van der Waals surface area (Å²) in [6.07, 6.45) is 4.06. The highest BCUT2D eigenvalue weighted by molar-refractivity contribution is 5.83. The molecule has 0 saturated carbocycles. The van der Waals surface area contributed by atoms with Crippen LogP contribution in [0.4, 0.5) is 0 Å². The molecule has 1 heterocycles. The Labute approximate surface area is 121 Å². The van der Waals surface area contributed by atoms with Gasteiger partial charge in [-0.15, -0.1) is 0 Å². The van der Waals surface area contributed by atoms with E-state index in [0.717, 1.165) is 38.8 Å². The van der Waals surface area contributed by atoms with Crippen LogP contribution in [-0.2, 0) is 11.2 Å². The van der Waals surface area contributed by atoms with Gasteiger partial charge in [-0.05, 0) is 49.9 Å². The fourth-order valence-corrected chi connectivity index (χ4v) is 3.70. The number of hydrogen-bond acceptors (Lipinski definition) is 2. The monoisotopic (exact) mass is 272 g/mol. The summed E-state index contributed by atoms with van der Waals surface area (Å²) in [5.74, 6) is 0.320. The molecule has 3 nitrogen and oxygen atoms in total. The van der Waals surface area contributed by atoms with Crippen molar-refractivity contribution in [2.75, 3.05) is 20.1 Å². The molecule has 1 aliphatic heterocycles. The molecule has 1 N–H and O–H groups in total. The van der Waals surface area contributed by atoms with Gasteiger partial charge in [0.15, 0.2) is 0 Å². The van der Waals surface area contributed by atoms with E-state index in [1.807, 2.05) is 11.9 Å². The van der Waals surface area contributed by atoms with Crippen molar-refractivity contribution in [2.24, 2.45) is 5.41 Å². The minimum Gasteiger partial charge on any atom is -0.338 e. The zero-order valence-corrected chi connectivity index (χ0v) is 12.5. The predicted octanol–water partition coefficient (Wildman–Crippen LogP) is 2.52. The molecule has 1 amide bonds. The summed E-state index contributed by atoms with van der Waals surface area (Å²) in [7, 11) is 1.99. The Morgan fingerprint density at radius 2 is 2.00 bits per heavy atom. The lowest BCUT2D eigenvalue weighted by molar-refractivity contribution is -0.143. The highest BCUT2D eigenvalue weighted by Gasteiger charge is 2.39. The summed E-state index contributed by atoms with van der Waals surface area (Å²) in [5.41, 5.74) is 2.57. The first kappa shape index (κ1) is 13.6. The lowest BCUT2D eigenvalue weighted by Crippen LogP contribution is -2.47. The fourth-order valence-electron chi connectivity index (χ4n) is 3.70. The van der Waals surface area contributed by atoms with E-state index in [4.69, 9.17) is 0 Å². The van der Waals surface area contributed by atoms with Gasteiger partial charge in [0.2, 0.25) is 5.91 Å². The third kappa shape index (κ3) is 2.24. The first-order valence-corrected chi connectivity index (χ1v) is 7.68. The zero-order chi connectivity index (χ0) is 14.2. The van der Waals surface area contributed by atoms with E-state index in [-0.39, 0.29) is 11.5 Å². The normalized spacial score (nSPS) is 24.2. The Morgan fingerprint density at radius 1 is 1.30 bits per heavy atom. The van der Waals surface area contributed by atoms with E-state index < -0.39 is 0 Å². The average Bonchev–Trinajstić information content (AvgIpc) is 2.90. The number of fused-ring (bicyclic) bond motifs is 1. The van der Waals surface area contributed by atoms with Crippen molar-refractivity contribution in [1.29, 1.82) is 0 Å². The van der Waals surface area contributed by atoms with Crippen molar-refractivity contribution in [1.82, 2.24) is 10.2 Å². The highest BCUT2D eigenvalue weighted by atomic mass is 16.2. The third-order valence-corrected chi connectivity index (χ3v) is 5.11. The maximum absolute atomic E-state index is 12.9. The van der Waals surface area contributed by atoms with Crippen LogP contribution in [0.2, 0.25) is 0 Å². The Bertz CT molecular complexity index is 505. The second-order valence-corrected chi connectivity index (χ2v) is 6.48. The van der Waals surface area contributed by atoms with E-state index in [9.17, 15) is 4.79 Å². The minimum absolute atomic E-state index is 0.183. The van der Waals surface area contributed by atoms with Crippen molar-refractivity contribution in [3.63, 3.8) is 0 Å². The van der Waals surface area contributed by atoms with Crippen LogP contribution in [0.15, 0.2) is 24.3 Å². The Kier molecular flexibility index (Phi) is 3.55. The summed E-state index contributed by atoms with van der Waals surface area (Å²) in [4.78, 5) is 14.9. The van der Waals surface area contributed by atoms with Crippen LogP contribution in [0.1, 0.15) is 43.4 Å². The van der Waals surface area contributed by atoms with Gasteiger partial charge in [0.1, 0.15) is 0 Å². The summed E-state index contributed by atoms with van der Waals surface area (Å²) < 4.78 is 0. The topological polar surface area (TPSA) is 32.3 Å². The van der Waals surface area contributed by atoms with Crippen LogP contribution in [0.25, 0.3) is 0 Å². The smallest absolute Gasteiger partial charge is 0.228 e. The Balaban J connectivity index is 1.79. The molecule has 1 unspecified atom stereocenters. The van der Waals surface area contributed by atoms with Crippen molar-refractivity contribution in [2.45, 2.75) is 38.6 Å². The largest absolute Gasteiger partial charge is 0.338 e. The lowest BCUT2D eigenvalue weighted by atomic mass is 9.79. The van der Waals surface area contributed by atoms with Gasteiger partial charge in [0.05, 0.1) is 6.04 Å². The van der Waals surface area contributed by atoms with Gasteiger partial charge in [-0.3, -0.25) is 4.79 Å². The minimum atomic E-state index is -0.183. The van der Waals surface area contributed by atoms with E-state index in [0.29, 0.717) is 5.91 Å². The molecule has 3 heteroatoms. The molecule has 1 aromatic carbocycles. The first-order valence-electron chi connectivity index (χ1n) is 7.68. The van der Waals surface area contributed by atoms with Gasteiger partial charge < -0.3 is 10.2 Å². The molecule has 0 aromatic heterocycles. The van der Waals surface area contributed by atoms with Crippen molar-refractivity contribution >= 4 is 5.91 Å². The number of amides is 1. The number of piperidine rings is 1. The highest BCUT2D eigenvalue weighted by Crippen LogP contribution is 2.38. The summed E-state index contributed by atoms with van der Waals surface area (Å²) in [6, 6.07) is 8.82. The van der Waals surface area contributed by atoms with E-state index >= 15 is 0 Å². The van der Waals surface area contributed by atoms with Crippen LogP contribution < -0.4 is 5.32 Å². The molecule has 0 bridgehead atoms. The van der Waals surface area contributed by atoms with E-state index in [2.05, 4.69) is 36.5 Å². The Morgan fingerprint density at radius 3 is 2.75 bits per heavy atom. The standard InChI is InChI=1S/C17H24N2O/c1-17(9-11-18-12-10-17)16(20)19(2)15-8-7-13-5-3-4-6-14(13)15/h3-6,15,18H,7-12H2,1-2H3.